The van der Waals surface area contributed by atoms with Crippen molar-refractivity contribution in [2.24, 2.45) is 11.8 Å². The monoisotopic (exact) mass is 427 g/mol. The van der Waals surface area contributed by atoms with Crippen molar-refractivity contribution in [3.8, 4) is 0 Å². The fourth-order valence-corrected chi connectivity index (χ4v) is 5.58. The summed E-state index contributed by atoms with van der Waals surface area (Å²) in [6, 6.07) is 6.59. The molecule has 8 heteroatoms. The zero-order valence-electron chi connectivity index (χ0n) is 17.7. The van der Waals surface area contributed by atoms with Gasteiger partial charge in [0.15, 0.2) is 0 Å². The second kappa shape index (κ2) is 8.31. The number of amides is 1. The summed E-state index contributed by atoms with van der Waals surface area (Å²) in [6.45, 7) is 2.93. The average molecular weight is 428 g/mol. The van der Waals surface area contributed by atoms with Crippen molar-refractivity contribution in [3.63, 3.8) is 0 Å². The minimum Gasteiger partial charge on any atom is -0.383 e. The van der Waals surface area contributed by atoms with E-state index in [-0.39, 0.29) is 17.6 Å². The summed E-state index contributed by atoms with van der Waals surface area (Å²) < 4.78 is 14.9. The summed E-state index contributed by atoms with van der Waals surface area (Å²) >= 11 is 0. The maximum Gasteiger partial charge on any atom is 0.224 e. The number of hydrogen-bond acceptors (Lipinski definition) is 5. The molecule has 0 spiro atoms. The van der Waals surface area contributed by atoms with E-state index < -0.39 is 5.60 Å². The maximum absolute atomic E-state index is 13.1. The Kier molecular flexibility index (Phi) is 5.52. The minimum atomic E-state index is -0.808. The number of aliphatic hydroxyl groups is 1. The molecule has 2 aromatic rings. The Balaban J connectivity index is 1.17. The van der Waals surface area contributed by atoms with Gasteiger partial charge in [-0.05, 0) is 55.8 Å². The summed E-state index contributed by atoms with van der Waals surface area (Å²) in [5.74, 6) is 0.181. The van der Waals surface area contributed by atoms with Crippen molar-refractivity contribution in [2.45, 2.75) is 63.3 Å². The molecule has 2 bridgehead atoms. The predicted octanol–water partition coefficient (Wildman–Crippen LogP) is 2.21. The number of piperidine rings is 3. The van der Waals surface area contributed by atoms with Crippen LogP contribution in [0.3, 0.4) is 0 Å². The Labute approximate surface area is 181 Å². The number of nitrogens with zero attached hydrogens (tertiary/aromatic N) is 4. The molecule has 1 unspecified atom stereocenters. The van der Waals surface area contributed by atoms with Crippen LogP contribution in [0.2, 0.25) is 0 Å². The van der Waals surface area contributed by atoms with Crippen LogP contribution >= 0.6 is 0 Å². The van der Waals surface area contributed by atoms with Gasteiger partial charge in [-0.2, -0.15) is 0 Å². The summed E-state index contributed by atoms with van der Waals surface area (Å²) in [6.07, 6.45) is 7.50. The van der Waals surface area contributed by atoms with E-state index in [4.69, 9.17) is 0 Å². The minimum absolute atomic E-state index is 0.00374. The summed E-state index contributed by atoms with van der Waals surface area (Å²) in [4.78, 5) is 15.2. The zero-order chi connectivity index (χ0) is 21.4. The Morgan fingerprint density at radius 3 is 2.74 bits per heavy atom. The molecule has 1 aromatic heterocycles. The van der Waals surface area contributed by atoms with E-state index in [9.17, 15) is 14.3 Å². The van der Waals surface area contributed by atoms with Crippen molar-refractivity contribution >= 4 is 5.91 Å². The molecule has 4 fully saturated rings. The van der Waals surface area contributed by atoms with Gasteiger partial charge in [-0.3, -0.25) is 14.4 Å². The predicted molar refractivity (Wildman–Crippen MR) is 112 cm³/mol. The maximum atomic E-state index is 13.1. The van der Waals surface area contributed by atoms with Gasteiger partial charge < -0.3 is 10.4 Å². The molecule has 4 atom stereocenters. The van der Waals surface area contributed by atoms with Crippen LogP contribution in [0.25, 0.3) is 0 Å². The van der Waals surface area contributed by atoms with Gasteiger partial charge in [0.2, 0.25) is 5.91 Å². The number of fused-ring (bicyclic) bond motifs is 3. The average Bonchev–Trinajstić information content (AvgIpc) is 3.44. The molecule has 1 saturated carbocycles. The van der Waals surface area contributed by atoms with Crippen molar-refractivity contribution in [3.05, 3.63) is 47.5 Å². The number of hydrogen-bond donors (Lipinski definition) is 2. The van der Waals surface area contributed by atoms with E-state index in [1.165, 1.54) is 12.1 Å². The van der Waals surface area contributed by atoms with E-state index >= 15 is 0 Å². The lowest BCUT2D eigenvalue weighted by atomic mass is 9.75. The molecule has 4 aliphatic rings. The second-order valence-electron chi connectivity index (χ2n) is 9.45. The topological polar surface area (TPSA) is 83.3 Å². The van der Waals surface area contributed by atoms with E-state index in [1.807, 2.05) is 10.9 Å². The van der Waals surface area contributed by atoms with Crippen LogP contribution in [-0.4, -0.2) is 50.0 Å². The number of nitrogens with one attached hydrogen (secondary N) is 1. The van der Waals surface area contributed by atoms with Gasteiger partial charge in [0, 0.05) is 19.1 Å². The molecule has 7 nitrogen and oxygen atoms in total. The SMILES string of the molecule is O=C(NCc1ccc(F)cc1)[C@@H]1CN2CC[C@@H]1C[C@@H]2Cn1cc(C2(O)CCCC2)nn1. The number of aromatic nitrogens is 3. The van der Waals surface area contributed by atoms with Crippen LogP contribution in [-0.2, 0) is 23.5 Å². The zero-order valence-corrected chi connectivity index (χ0v) is 17.7. The quantitative estimate of drug-likeness (QED) is 0.739. The van der Waals surface area contributed by atoms with Crippen molar-refractivity contribution in [2.75, 3.05) is 13.1 Å². The highest BCUT2D eigenvalue weighted by molar-refractivity contribution is 5.79. The first-order valence-corrected chi connectivity index (χ1v) is 11.4. The molecule has 0 radical (unpaired) electrons. The Hall–Kier alpha value is -2.32. The molecular weight excluding hydrogens is 397 g/mol. The molecule has 2 N–H and O–H groups in total. The van der Waals surface area contributed by atoms with Crippen molar-refractivity contribution < 1.29 is 14.3 Å². The molecule has 1 aromatic carbocycles. The van der Waals surface area contributed by atoms with Crippen LogP contribution in [0.1, 0.15) is 49.8 Å². The smallest absolute Gasteiger partial charge is 0.224 e. The second-order valence-corrected chi connectivity index (χ2v) is 9.45. The lowest BCUT2D eigenvalue weighted by Gasteiger charge is -2.49. The van der Waals surface area contributed by atoms with E-state index in [0.29, 0.717) is 24.2 Å². The number of carbonyl (C=O) groups excluding carboxylic acids is 1. The lowest BCUT2D eigenvalue weighted by molar-refractivity contribution is -0.133. The van der Waals surface area contributed by atoms with Gasteiger partial charge in [0.05, 0.1) is 18.7 Å². The molecule has 166 valence electrons. The Bertz CT molecular complexity index is 924. The molecule has 4 heterocycles. The fourth-order valence-electron chi connectivity index (χ4n) is 5.58. The first-order valence-electron chi connectivity index (χ1n) is 11.4. The van der Waals surface area contributed by atoms with Crippen LogP contribution in [0, 0.1) is 17.7 Å². The van der Waals surface area contributed by atoms with Crippen LogP contribution in [0.5, 0.6) is 0 Å². The standard InChI is InChI=1S/C23H30FN5O2/c24-18-5-3-16(4-6-18)12-25-22(30)20-14-28-10-7-17(20)11-19(28)13-29-15-21(26-27-29)23(31)8-1-2-9-23/h3-6,15,17,19-20,31H,1-2,7-14H2,(H,25,30)/t17-,19-,20-/m1/s1. The van der Waals surface area contributed by atoms with Gasteiger partial charge in [-0.1, -0.05) is 30.2 Å². The van der Waals surface area contributed by atoms with Crippen molar-refractivity contribution in [1.29, 1.82) is 0 Å². The first-order chi connectivity index (χ1) is 15.0. The molecule has 31 heavy (non-hydrogen) atoms. The summed E-state index contributed by atoms with van der Waals surface area (Å²) in [5.41, 5.74) is 0.788. The first kappa shape index (κ1) is 20.6. The van der Waals surface area contributed by atoms with Gasteiger partial charge in [0.25, 0.3) is 0 Å². The van der Waals surface area contributed by atoms with Gasteiger partial charge in [-0.25, -0.2) is 4.39 Å². The lowest BCUT2D eigenvalue weighted by Crippen LogP contribution is -2.58. The van der Waals surface area contributed by atoms with Gasteiger partial charge in [-0.15, -0.1) is 5.10 Å². The van der Waals surface area contributed by atoms with Gasteiger partial charge in [0.1, 0.15) is 17.1 Å². The highest BCUT2D eigenvalue weighted by atomic mass is 19.1. The number of rotatable bonds is 6. The van der Waals surface area contributed by atoms with E-state index in [2.05, 4.69) is 20.5 Å². The molecule has 3 aliphatic heterocycles. The van der Waals surface area contributed by atoms with Crippen molar-refractivity contribution in [1.82, 2.24) is 25.2 Å². The third-order valence-corrected chi connectivity index (χ3v) is 7.44. The highest BCUT2D eigenvalue weighted by Gasteiger charge is 2.43. The molecular formula is C23H30FN5O2. The number of halogens is 1. The number of benzene rings is 1. The van der Waals surface area contributed by atoms with Crippen LogP contribution in [0.4, 0.5) is 4.39 Å². The molecule has 6 rings (SSSR count). The molecule has 1 aliphatic carbocycles. The van der Waals surface area contributed by atoms with Crippen LogP contribution < -0.4 is 5.32 Å². The van der Waals surface area contributed by atoms with E-state index in [1.54, 1.807) is 12.1 Å². The largest absolute Gasteiger partial charge is 0.383 e. The van der Waals surface area contributed by atoms with Crippen LogP contribution in [0.15, 0.2) is 30.5 Å². The third kappa shape index (κ3) is 4.23. The summed E-state index contributed by atoms with van der Waals surface area (Å²) in [7, 11) is 0. The Morgan fingerprint density at radius 2 is 2.03 bits per heavy atom. The summed E-state index contributed by atoms with van der Waals surface area (Å²) in [5, 5.41) is 22.3. The van der Waals surface area contributed by atoms with Gasteiger partial charge >= 0.3 is 0 Å². The normalized spacial score (nSPS) is 29.2. The van der Waals surface area contributed by atoms with E-state index in [0.717, 1.165) is 63.7 Å². The highest BCUT2D eigenvalue weighted by Crippen LogP contribution is 2.39. The third-order valence-electron chi connectivity index (χ3n) is 7.44. The molecule has 1 amide bonds. The number of carbonyl (C=O) groups is 1. The Morgan fingerprint density at radius 1 is 1.26 bits per heavy atom. The fraction of sp³-hybridized carbons (Fsp3) is 0.609. The molecule has 3 saturated heterocycles.